The molecule has 0 saturated heterocycles. The predicted octanol–water partition coefficient (Wildman–Crippen LogP) is 6.25. The Morgan fingerprint density at radius 2 is 0.857 bits per heavy atom. The minimum absolute atomic E-state index is 1.17. The molecular formula is C18H39AlO2. The van der Waals surface area contributed by atoms with Crippen LogP contribution in [-0.4, -0.2) is 29.0 Å². The van der Waals surface area contributed by atoms with E-state index in [1.165, 1.54) is 95.2 Å². The molecular weight excluding hydrogens is 275 g/mol. The van der Waals surface area contributed by atoms with Crippen LogP contribution in [0.3, 0.4) is 0 Å². The van der Waals surface area contributed by atoms with Gasteiger partial charge in [0.25, 0.3) is 0 Å². The summed E-state index contributed by atoms with van der Waals surface area (Å²) >= 11 is -1.28. The normalized spacial score (nSPS) is 11.0. The molecule has 0 aliphatic carbocycles. The highest BCUT2D eigenvalue weighted by Crippen LogP contribution is 2.13. The molecule has 0 radical (unpaired) electrons. The SMILES string of the molecule is CCCCCCCCCCCCCCC[CH2][Al]([O]C)[O]C. The number of hydrogen-bond acceptors (Lipinski definition) is 2. The summed E-state index contributed by atoms with van der Waals surface area (Å²) in [6.45, 7) is 2.29. The number of unbranched alkanes of at least 4 members (excludes halogenated alkanes) is 13. The van der Waals surface area contributed by atoms with Gasteiger partial charge in [-0.15, -0.1) is 0 Å². The molecule has 0 fully saturated rings. The summed E-state index contributed by atoms with van der Waals surface area (Å²) in [4.78, 5) is 0. The fraction of sp³-hybridized carbons (Fsp3) is 1.00. The van der Waals surface area contributed by atoms with Gasteiger partial charge in [-0.1, -0.05) is 96.8 Å². The molecule has 0 aliphatic heterocycles. The quantitative estimate of drug-likeness (QED) is 0.233. The van der Waals surface area contributed by atoms with E-state index in [2.05, 4.69) is 6.92 Å². The van der Waals surface area contributed by atoms with Crippen LogP contribution in [0.15, 0.2) is 0 Å². The van der Waals surface area contributed by atoms with Gasteiger partial charge in [-0.25, -0.2) is 0 Å². The topological polar surface area (TPSA) is 18.5 Å². The van der Waals surface area contributed by atoms with E-state index in [4.69, 9.17) is 7.58 Å². The highest BCUT2D eigenvalue weighted by atomic mass is 27.2. The maximum atomic E-state index is 5.33. The van der Waals surface area contributed by atoms with Crippen LogP contribution in [0.4, 0.5) is 0 Å². The Labute approximate surface area is 139 Å². The van der Waals surface area contributed by atoms with Crippen molar-refractivity contribution in [2.24, 2.45) is 0 Å². The zero-order valence-corrected chi connectivity index (χ0v) is 16.2. The summed E-state index contributed by atoms with van der Waals surface area (Å²) in [6, 6.07) is 0. The molecule has 0 aromatic carbocycles. The average Bonchev–Trinajstić information content (AvgIpc) is 2.51. The average molecular weight is 314 g/mol. The molecule has 126 valence electrons. The third-order valence-electron chi connectivity index (χ3n) is 4.32. The fourth-order valence-electron chi connectivity index (χ4n) is 2.84. The Morgan fingerprint density at radius 1 is 0.524 bits per heavy atom. The van der Waals surface area contributed by atoms with Gasteiger partial charge < -0.3 is 7.58 Å². The summed E-state index contributed by atoms with van der Waals surface area (Å²) in [5.74, 6) is 0. The molecule has 0 atom stereocenters. The van der Waals surface area contributed by atoms with Crippen LogP contribution in [0.2, 0.25) is 5.28 Å². The van der Waals surface area contributed by atoms with E-state index in [-0.39, 0.29) is 0 Å². The van der Waals surface area contributed by atoms with Gasteiger partial charge in [-0.05, 0) is 5.28 Å². The van der Waals surface area contributed by atoms with Crippen LogP contribution in [0, 0.1) is 0 Å². The van der Waals surface area contributed by atoms with Crippen molar-refractivity contribution in [3.05, 3.63) is 0 Å². The molecule has 0 saturated carbocycles. The van der Waals surface area contributed by atoms with Gasteiger partial charge in [0.05, 0.1) is 0 Å². The first-order valence-electron chi connectivity index (χ1n) is 9.40. The van der Waals surface area contributed by atoms with Crippen LogP contribution in [-0.2, 0) is 7.58 Å². The van der Waals surface area contributed by atoms with Crippen LogP contribution >= 0.6 is 0 Å². The summed E-state index contributed by atoms with van der Waals surface area (Å²) in [7, 11) is 3.56. The van der Waals surface area contributed by atoms with Gasteiger partial charge in [-0.2, -0.15) is 0 Å². The minimum atomic E-state index is -1.28. The van der Waals surface area contributed by atoms with Gasteiger partial charge in [0, 0.05) is 14.2 Å². The lowest BCUT2D eigenvalue weighted by Crippen LogP contribution is -2.18. The number of rotatable bonds is 17. The summed E-state index contributed by atoms with van der Waals surface area (Å²) in [5, 5.41) is 1.17. The molecule has 0 unspecified atom stereocenters. The zero-order chi connectivity index (χ0) is 15.6. The summed E-state index contributed by atoms with van der Waals surface area (Å²) in [6.07, 6.45) is 19.9. The van der Waals surface area contributed by atoms with Crippen molar-refractivity contribution in [1.82, 2.24) is 0 Å². The minimum Gasteiger partial charge on any atom is -0.481 e. The van der Waals surface area contributed by atoms with E-state index in [1.54, 1.807) is 14.2 Å². The molecule has 0 aromatic rings. The van der Waals surface area contributed by atoms with Crippen molar-refractivity contribution >= 4 is 14.8 Å². The van der Waals surface area contributed by atoms with Crippen molar-refractivity contribution in [1.29, 1.82) is 0 Å². The third-order valence-corrected chi connectivity index (χ3v) is 6.25. The summed E-state index contributed by atoms with van der Waals surface area (Å²) in [5.41, 5.74) is 0. The lowest BCUT2D eigenvalue weighted by Gasteiger charge is -2.06. The number of hydrogen-bond donors (Lipinski definition) is 0. The van der Waals surface area contributed by atoms with Crippen LogP contribution in [0.5, 0.6) is 0 Å². The molecule has 0 aromatic heterocycles. The molecule has 0 heterocycles. The smallest absolute Gasteiger partial charge is 0.481 e. The maximum absolute atomic E-state index is 5.33. The first-order valence-corrected chi connectivity index (χ1v) is 11.2. The Bertz CT molecular complexity index is 184. The van der Waals surface area contributed by atoms with E-state index in [1.807, 2.05) is 0 Å². The van der Waals surface area contributed by atoms with E-state index >= 15 is 0 Å². The van der Waals surface area contributed by atoms with E-state index in [9.17, 15) is 0 Å². The van der Waals surface area contributed by atoms with Gasteiger partial charge in [0.15, 0.2) is 0 Å². The van der Waals surface area contributed by atoms with Crippen molar-refractivity contribution in [2.45, 2.75) is 102 Å². The largest absolute Gasteiger partial charge is 0.674 e. The lowest BCUT2D eigenvalue weighted by atomic mass is 10.0. The van der Waals surface area contributed by atoms with Crippen molar-refractivity contribution in [2.75, 3.05) is 14.2 Å². The molecule has 0 bridgehead atoms. The predicted molar refractivity (Wildman–Crippen MR) is 94.9 cm³/mol. The molecule has 2 nitrogen and oxygen atoms in total. The Hall–Kier alpha value is 0.452. The van der Waals surface area contributed by atoms with Crippen molar-refractivity contribution in [3.8, 4) is 0 Å². The molecule has 0 rings (SSSR count). The van der Waals surface area contributed by atoms with E-state index in [0.717, 1.165) is 0 Å². The van der Waals surface area contributed by atoms with Crippen molar-refractivity contribution in [3.63, 3.8) is 0 Å². The van der Waals surface area contributed by atoms with Gasteiger partial charge in [-0.3, -0.25) is 0 Å². The third kappa shape index (κ3) is 16.6. The monoisotopic (exact) mass is 314 g/mol. The lowest BCUT2D eigenvalue weighted by molar-refractivity contribution is 0.276. The second-order valence-corrected chi connectivity index (χ2v) is 8.67. The first kappa shape index (κ1) is 21.5. The second kappa shape index (κ2) is 18.5. The van der Waals surface area contributed by atoms with Gasteiger partial charge in [0.2, 0.25) is 0 Å². The Kier molecular flexibility index (Phi) is 18.9. The van der Waals surface area contributed by atoms with Crippen LogP contribution in [0.1, 0.15) is 96.8 Å². The fourth-order valence-corrected chi connectivity index (χ4v) is 4.12. The molecule has 0 spiro atoms. The van der Waals surface area contributed by atoms with Crippen LogP contribution < -0.4 is 0 Å². The van der Waals surface area contributed by atoms with E-state index < -0.39 is 14.8 Å². The maximum Gasteiger partial charge on any atom is 0.674 e. The molecule has 0 aliphatic rings. The Balaban J connectivity index is 3.02. The Morgan fingerprint density at radius 3 is 1.19 bits per heavy atom. The second-order valence-electron chi connectivity index (χ2n) is 6.29. The van der Waals surface area contributed by atoms with Gasteiger partial charge >= 0.3 is 14.8 Å². The van der Waals surface area contributed by atoms with Crippen molar-refractivity contribution < 1.29 is 7.58 Å². The molecule has 0 N–H and O–H groups in total. The highest BCUT2D eigenvalue weighted by molar-refractivity contribution is 6.44. The van der Waals surface area contributed by atoms with E-state index in [0.29, 0.717) is 0 Å². The first-order chi connectivity index (χ1) is 10.3. The highest BCUT2D eigenvalue weighted by Gasteiger charge is 2.20. The molecule has 0 amide bonds. The summed E-state index contributed by atoms with van der Waals surface area (Å²) < 4.78 is 10.7. The standard InChI is InChI=1S/C16H33.2CH3O.Al/c1-3-5-7-9-11-13-15-16-14-12-10-8-6-4-2;2*1-2;/h1,3-16H2,2H3;2*1H3;/q;2*-1;+2. The van der Waals surface area contributed by atoms with Gasteiger partial charge in [0.1, 0.15) is 0 Å². The molecule has 21 heavy (non-hydrogen) atoms. The zero-order valence-electron chi connectivity index (χ0n) is 15.0. The molecule has 3 heteroatoms. The van der Waals surface area contributed by atoms with Crippen LogP contribution in [0.25, 0.3) is 0 Å².